The average Bonchev–Trinajstić information content (AvgIpc) is 3.08. The Kier molecular flexibility index (Phi) is 5.46. The maximum absolute atomic E-state index is 13.2. The Morgan fingerprint density at radius 2 is 1.89 bits per heavy atom. The first-order valence-electron chi connectivity index (χ1n) is 11.0. The molecular weight excluding hydrogens is 567 g/mol. The molecule has 0 radical (unpaired) electrons. The smallest absolute Gasteiger partial charge is 0.328 e. The van der Waals surface area contributed by atoms with E-state index in [-0.39, 0.29) is 35.9 Å². The fourth-order valence-electron chi connectivity index (χ4n) is 5.89. The third-order valence-corrected chi connectivity index (χ3v) is 8.21. The van der Waals surface area contributed by atoms with Gasteiger partial charge in [0.15, 0.2) is 23.1 Å². The summed E-state index contributed by atoms with van der Waals surface area (Å²) in [5.74, 6) is -4.60. The molecule has 1 heterocycles. The van der Waals surface area contributed by atoms with Gasteiger partial charge in [-0.3, -0.25) is 19.2 Å². The number of halogens is 1. The molecule has 4 atom stereocenters. The lowest BCUT2D eigenvalue weighted by molar-refractivity contribution is -0.136. The van der Waals surface area contributed by atoms with Crippen LogP contribution in [0.2, 0.25) is 0 Å². The number of methoxy groups -OCH3 is 1. The number of allylic oxidation sites excluding steroid dienone is 6. The van der Waals surface area contributed by atoms with Crippen molar-refractivity contribution in [3.8, 4) is 11.5 Å². The summed E-state index contributed by atoms with van der Waals surface area (Å²) in [7, 11) is 1.41. The normalized spacial score (nSPS) is 27.8. The van der Waals surface area contributed by atoms with Crippen LogP contribution in [-0.2, 0) is 19.2 Å². The molecule has 1 aromatic carbocycles. The number of ether oxygens (including phenoxy) is 1. The monoisotopic (exact) mass is 588 g/mol. The number of phenolic OH excluding ortho intramolecular Hbond substituents is 1. The quantitative estimate of drug-likeness (QED) is 0.234. The van der Waals surface area contributed by atoms with Crippen LogP contribution in [0.3, 0.4) is 0 Å². The summed E-state index contributed by atoms with van der Waals surface area (Å²) < 4.78 is 5.81. The first-order chi connectivity index (χ1) is 16.6. The van der Waals surface area contributed by atoms with E-state index >= 15 is 0 Å². The SMILES string of the molecule is COc1cc([C@H]2C3=CC[C@@H]4C(=O)N(C(N)=O)C(=O)[C@@H]4[C@@H]3CC3=C2C(=O)C=C(C)C3=O)cc(I)c1O. The van der Waals surface area contributed by atoms with Gasteiger partial charge in [0.05, 0.1) is 22.5 Å². The van der Waals surface area contributed by atoms with Crippen molar-refractivity contribution >= 4 is 52.0 Å². The zero-order valence-corrected chi connectivity index (χ0v) is 21.0. The summed E-state index contributed by atoms with van der Waals surface area (Å²) in [4.78, 5) is 64.8. The fraction of sp³-hybridized carbons (Fsp3) is 0.320. The van der Waals surface area contributed by atoms with Crippen LogP contribution in [0.25, 0.3) is 0 Å². The molecule has 3 N–H and O–H groups in total. The van der Waals surface area contributed by atoms with Crippen LogP contribution in [0.5, 0.6) is 11.5 Å². The molecule has 0 saturated carbocycles. The molecule has 1 aliphatic heterocycles. The maximum atomic E-state index is 13.2. The molecular formula is C25H21IN2O7. The second kappa shape index (κ2) is 8.14. The molecule has 3 aliphatic carbocycles. The summed E-state index contributed by atoms with van der Waals surface area (Å²) in [6.45, 7) is 1.57. The molecule has 0 unspecified atom stereocenters. The molecule has 0 aromatic heterocycles. The molecule has 180 valence electrons. The first kappa shape index (κ1) is 23.5. The molecule has 0 spiro atoms. The Labute approximate surface area is 213 Å². The van der Waals surface area contributed by atoms with Crippen molar-refractivity contribution in [2.45, 2.75) is 25.7 Å². The molecule has 4 amide bonds. The highest BCUT2D eigenvalue weighted by molar-refractivity contribution is 14.1. The number of imide groups is 3. The summed E-state index contributed by atoms with van der Waals surface area (Å²) in [6, 6.07) is 2.20. The highest BCUT2D eigenvalue weighted by Crippen LogP contribution is 2.55. The number of hydrogen-bond acceptors (Lipinski definition) is 7. The molecule has 5 rings (SSSR count). The summed E-state index contributed by atoms with van der Waals surface area (Å²) in [5, 5.41) is 10.4. The lowest BCUT2D eigenvalue weighted by Gasteiger charge is -2.42. The van der Waals surface area contributed by atoms with Crippen molar-refractivity contribution < 1.29 is 33.8 Å². The van der Waals surface area contributed by atoms with Gasteiger partial charge in [0, 0.05) is 22.6 Å². The molecule has 9 nitrogen and oxygen atoms in total. The zero-order chi connectivity index (χ0) is 25.3. The van der Waals surface area contributed by atoms with Crippen molar-refractivity contribution in [1.29, 1.82) is 0 Å². The highest BCUT2D eigenvalue weighted by atomic mass is 127. The number of phenols is 1. The first-order valence-corrected chi connectivity index (χ1v) is 12.1. The largest absolute Gasteiger partial charge is 0.504 e. The number of ketones is 2. The minimum absolute atomic E-state index is 0.0495. The van der Waals surface area contributed by atoms with E-state index in [1.54, 1.807) is 19.1 Å². The van der Waals surface area contributed by atoms with Gasteiger partial charge in [-0.2, -0.15) is 4.90 Å². The second-order valence-corrected chi connectivity index (χ2v) is 10.3. The van der Waals surface area contributed by atoms with Gasteiger partial charge in [-0.25, -0.2) is 4.79 Å². The lowest BCUT2D eigenvalue weighted by atomic mass is 9.59. The molecule has 0 bridgehead atoms. The fourth-order valence-corrected chi connectivity index (χ4v) is 6.52. The Bertz CT molecular complexity index is 1360. The number of rotatable bonds is 2. The van der Waals surface area contributed by atoms with Crippen LogP contribution in [0.1, 0.15) is 31.2 Å². The Hall–Kier alpha value is -3.28. The number of carbonyl (C=O) groups is 5. The van der Waals surface area contributed by atoms with E-state index in [4.69, 9.17) is 10.5 Å². The van der Waals surface area contributed by atoms with Gasteiger partial charge >= 0.3 is 6.03 Å². The van der Waals surface area contributed by atoms with Crippen molar-refractivity contribution in [1.82, 2.24) is 4.90 Å². The van der Waals surface area contributed by atoms with Crippen molar-refractivity contribution in [2.24, 2.45) is 23.5 Å². The number of hydrogen-bond donors (Lipinski definition) is 2. The van der Waals surface area contributed by atoms with Crippen molar-refractivity contribution in [3.63, 3.8) is 0 Å². The number of nitrogens with two attached hydrogens (primary N) is 1. The number of urea groups is 1. The predicted molar refractivity (Wildman–Crippen MR) is 130 cm³/mol. The van der Waals surface area contributed by atoms with Gasteiger partial charge in [0.25, 0.3) is 0 Å². The van der Waals surface area contributed by atoms with Crippen molar-refractivity contribution in [2.75, 3.05) is 7.11 Å². The average molecular weight is 588 g/mol. The molecule has 1 aromatic rings. The molecule has 35 heavy (non-hydrogen) atoms. The minimum atomic E-state index is -1.12. The maximum Gasteiger partial charge on any atom is 0.328 e. The number of aromatic hydroxyl groups is 1. The summed E-state index contributed by atoms with van der Waals surface area (Å²) in [5.41, 5.74) is 7.61. The number of fused-ring (bicyclic) bond motifs is 3. The van der Waals surface area contributed by atoms with Gasteiger partial charge in [0.2, 0.25) is 11.8 Å². The number of primary amides is 1. The number of Topliss-reactive ketones (excluding diaryl/α,β-unsaturated/α-hetero) is 1. The topological polar surface area (TPSA) is 144 Å². The van der Waals surface area contributed by atoms with E-state index in [2.05, 4.69) is 0 Å². The standard InChI is InChI=1S/C25H21IN2O7/c1-9-5-16(29)20-14(21(9)30)8-13-11(18(20)10-6-15(26)22(31)17(7-10)35-2)3-4-12-19(13)24(33)28(23(12)32)25(27)34/h3,5-7,12-13,18-19,31H,4,8H2,1-2H3,(H2,27,34)/t12-,13+,18-,19-/m0/s1. The zero-order valence-electron chi connectivity index (χ0n) is 18.8. The number of likely N-dealkylation sites (tertiary alicyclic amines) is 1. The number of carbonyl (C=O) groups excluding carboxylic acids is 5. The van der Waals surface area contributed by atoms with Crippen LogP contribution in [0.4, 0.5) is 4.79 Å². The lowest BCUT2D eigenvalue weighted by Crippen LogP contribution is -2.42. The Morgan fingerprint density at radius 3 is 2.54 bits per heavy atom. The van der Waals surface area contributed by atoms with Crippen LogP contribution < -0.4 is 10.5 Å². The van der Waals surface area contributed by atoms with Crippen LogP contribution in [0.15, 0.2) is 46.6 Å². The van der Waals surface area contributed by atoms with Crippen LogP contribution in [-0.4, -0.2) is 46.5 Å². The van der Waals surface area contributed by atoms with Gasteiger partial charge in [0.1, 0.15) is 0 Å². The third kappa shape index (κ3) is 3.29. The second-order valence-electron chi connectivity index (χ2n) is 9.13. The van der Waals surface area contributed by atoms with Crippen molar-refractivity contribution in [3.05, 3.63) is 55.7 Å². The van der Waals surface area contributed by atoms with Gasteiger partial charge in [-0.15, -0.1) is 0 Å². The number of benzene rings is 1. The van der Waals surface area contributed by atoms with E-state index in [0.717, 1.165) is 5.57 Å². The van der Waals surface area contributed by atoms with Gasteiger partial charge in [-0.05, 0) is 72.0 Å². The van der Waals surface area contributed by atoms with Gasteiger partial charge in [-0.1, -0.05) is 11.6 Å². The van der Waals surface area contributed by atoms with E-state index in [0.29, 0.717) is 30.8 Å². The summed E-state index contributed by atoms with van der Waals surface area (Å²) in [6.07, 6.45) is 3.47. The Morgan fingerprint density at radius 1 is 1.17 bits per heavy atom. The molecule has 1 fully saturated rings. The highest BCUT2D eigenvalue weighted by Gasteiger charge is 2.57. The molecule has 10 heteroatoms. The Balaban J connectivity index is 1.73. The van der Waals surface area contributed by atoms with E-state index in [9.17, 15) is 29.1 Å². The predicted octanol–water partition coefficient (Wildman–Crippen LogP) is 2.51. The minimum Gasteiger partial charge on any atom is -0.504 e. The number of amides is 4. The number of nitrogens with zero attached hydrogens (tertiary/aromatic N) is 1. The van der Waals surface area contributed by atoms with E-state index in [1.165, 1.54) is 13.2 Å². The van der Waals surface area contributed by atoms with E-state index in [1.807, 2.05) is 28.7 Å². The van der Waals surface area contributed by atoms with E-state index < -0.39 is 41.5 Å². The third-order valence-electron chi connectivity index (χ3n) is 7.39. The van der Waals surface area contributed by atoms with Crippen LogP contribution in [0, 0.1) is 21.3 Å². The molecule has 1 saturated heterocycles. The van der Waals surface area contributed by atoms with Gasteiger partial charge < -0.3 is 15.6 Å². The van der Waals surface area contributed by atoms with Crippen LogP contribution >= 0.6 is 22.6 Å². The molecule has 4 aliphatic rings. The summed E-state index contributed by atoms with van der Waals surface area (Å²) >= 11 is 1.96.